The van der Waals surface area contributed by atoms with Gasteiger partial charge in [-0.2, -0.15) is 5.10 Å². The smallest absolute Gasteiger partial charge is 0.104 e. The zero-order chi connectivity index (χ0) is 6.15. The monoisotopic (exact) mass is 254 g/mol. The Bertz CT molecular complexity index is 175. The minimum absolute atomic E-state index is 0. The van der Waals surface area contributed by atoms with E-state index in [1.165, 1.54) is 0 Å². The van der Waals surface area contributed by atoms with Crippen LogP contribution >= 0.6 is 32.9 Å². The predicted octanol–water partition coefficient (Wildman–Crippen LogP) is 2.07. The Hall–Kier alpha value is 0.170. The van der Waals surface area contributed by atoms with E-state index in [9.17, 15) is 0 Å². The molecule has 9 heavy (non-hydrogen) atoms. The molecule has 4 heteroatoms. The molecular formula is C5H8Br2N2. The fraction of sp³-hybridized carbons (Fsp3) is 0.400. The maximum Gasteiger partial charge on any atom is 0.104 e. The second kappa shape index (κ2) is 3.37. The Morgan fingerprint density at radius 3 is 2.33 bits per heavy atom. The summed E-state index contributed by atoms with van der Waals surface area (Å²) in [5, 5.41) is 4.08. The first-order valence-electron chi connectivity index (χ1n) is 2.36. The van der Waals surface area contributed by atoms with Gasteiger partial charge < -0.3 is 0 Å². The fourth-order valence-electron chi connectivity index (χ4n) is 0.579. The zero-order valence-corrected chi connectivity index (χ0v) is 8.56. The predicted molar refractivity (Wildman–Crippen MR) is 46.0 cm³/mol. The molecule has 0 saturated heterocycles. The average molecular weight is 256 g/mol. The molecule has 0 aliphatic rings. The molecule has 0 spiro atoms. The van der Waals surface area contributed by atoms with Gasteiger partial charge in [0.2, 0.25) is 0 Å². The molecule has 52 valence electrons. The van der Waals surface area contributed by atoms with E-state index >= 15 is 0 Å². The van der Waals surface area contributed by atoms with Crippen LogP contribution in [0.1, 0.15) is 5.69 Å². The molecule has 0 amide bonds. The van der Waals surface area contributed by atoms with Crippen molar-refractivity contribution in [1.29, 1.82) is 0 Å². The summed E-state index contributed by atoms with van der Waals surface area (Å²) in [5.74, 6) is 0. The van der Waals surface area contributed by atoms with Crippen LogP contribution in [0.2, 0.25) is 0 Å². The van der Waals surface area contributed by atoms with E-state index in [2.05, 4.69) is 21.0 Å². The van der Waals surface area contributed by atoms with Crippen LogP contribution in [0.25, 0.3) is 0 Å². The molecule has 0 bridgehead atoms. The summed E-state index contributed by atoms with van der Waals surface area (Å²) in [6, 6.07) is 1.97. The highest BCUT2D eigenvalue weighted by molar-refractivity contribution is 9.10. The highest BCUT2D eigenvalue weighted by Crippen LogP contribution is 2.08. The van der Waals surface area contributed by atoms with Crippen molar-refractivity contribution in [1.82, 2.24) is 9.78 Å². The van der Waals surface area contributed by atoms with E-state index in [1.807, 2.05) is 20.0 Å². The maximum atomic E-state index is 4.08. The molecular weight excluding hydrogens is 248 g/mol. The summed E-state index contributed by atoms with van der Waals surface area (Å²) in [5.41, 5.74) is 1.04. The minimum atomic E-state index is 0. The molecule has 0 atom stereocenters. The van der Waals surface area contributed by atoms with Gasteiger partial charge in [0.25, 0.3) is 0 Å². The maximum absolute atomic E-state index is 4.08. The first kappa shape index (κ1) is 9.17. The van der Waals surface area contributed by atoms with Crippen LogP contribution in [0, 0.1) is 6.92 Å². The summed E-state index contributed by atoms with van der Waals surface area (Å²) in [6.45, 7) is 1.96. The standard InChI is InChI=1S/C5H7BrN2.BrH/c1-4-3-5(6)8(2)7-4;/h3H,1-2H3;1H. The number of aromatic nitrogens is 2. The molecule has 0 saturated carbocycles. The Labute approximate surface area is 73.1 Å². The zero-order valence-electron chi connectivity index (χ0n) is 5.26. The lowest BCUT2D eigenvalue weighted by atomic mass is 10.5. The van der Waals surface area contributed by atoms with Gasteiger partial charge in [0.1, 0.15) is 4.60 Å². The summed E-state index contributed by atoms with van der Waals surface area (Å²) in [4.78, 5) is 0. The van der Waals surface area contributed by atoms with Gasteiger partial charge in [0.15, 0.2) is 0 Å². The quantitative estimate of drug-likeness (QED) is 0.694. The second-order valence-electron chi connectivity index (χ2n) is 1.73. The summed E-state index contributed by atoms with van der Waals surface area (Å²) < 4.78 is 2.81. The molecule has 0 unspecified atom stereocenters. The first-order chi connectivity index (χ1) is 3.70. The third-order valence-corrected chi connectivity index (χ3v) is 1.69. The first-order valence-corrected chi connectivity index (χ1v) is 3.15. The van der Waals surface area contributed by atoms with Crippen LogP contribution in [0.15, 0.2) is 10.7 Å². The topological polar surface area (TPSA) is 17.8 Å². The van der Waals surface area contributed by atoms with Crippen LogP contribution in [0.5, 0.6) is 0 Å². The van der Waals surface area contributed by atoms with Crippen molar-refractivity contribution >= 4 is 32.9 Å². The highest BCUT2D eigenvalue weighted by atomic mass is 79.9. The van der Waals surface area contributed by atoms with Crippen molar-refractivity contribution in [3.8, 4) is 0 Å². The van der Waals surface area contributed by atoms with Gasteiger partial charge in [-0.25, -0.2) is 0 Å². The third kappa shape index (κ3) is 2.10. The molecule has 0 N–H and O–H groups in total. The summed E-state index contributed by atoms with van der Waals surface area (Å²) in [7, 11) is 1.90. The molecule has 1 aromatic rings. The van der Waals surface area contributed by atoms with Crippen LogP contribution in [0.3, 0.4) is 0 Å². The van der Waals surface area contributed by atoms with Crippen LogP contribution < -0.4 is 0 Å². The minimum Gasteiger partial charge on any atom is -0.261 e. The van der Waals surface area contributed by atoms with Crippen LogP contribution in [0.4, 0.5) is 0 Å². The second-order valence-corrected chi connectivity index (χ2v) is 2.54. The molecule has 0 aliphatic carbocycles. The number of nitrogens with zero attached hydrogens (tertiary/aromatic N) is 2. The van der Waals surface area contributed by atoms with Crippen molar-refractivity contribution in [3.63, 3.8) is 0 Å². The van der Waals surface area contributed by atoms with Gasteiger partial charge >= 0.3 is 0 Å². The van der Waals surface area contributed by atoms with Crippen molar-refractivity contribution < 1.29 is 0 Å². The SMILES string of the molecule is Br.Cc1cc(Br)n(C)n1. The summed E-state index contributed by atoms with van der Waals surface area (Å²) in [6.07, 6.45) is 0. The lowest BCUT2D eigenvalue weighted by Crippen LogP contribution is -1.88. The molecule has 1 heterocycles. The average Bonchev–Trinajstić information content (AvgIpc) is 1.85. The van der Waals surface area contributed by atoms with Crippen LogP contribution in [-0.2, 0) is 7.05 Å². The van der Waals surface area contributed by atoms with Gasteiger partial charge in [0, 0.05) is 7.05 Å². The van der Waals surface area contributed by atoms with Gasteiger partial charge in [-0.1, -0.05) is 0 Å². The van der Waals surface area contributed by atoms with Gasteiger partial charge in [-0.15, -0.1) is 17.0 Å². The molecule has 2 nitrogen and oxygen atoms in total. The Morgan fingerprint density at radius 2 is 2.22 bits per heavy atom. The Kier molecular flexibility index (Phi) is 3.43. The number of aryl methyl sites for hydroxylation is 2. The molecule has 1 rings (SSSR count). The van der Waals surface area contributed by atoms with Gasteiger partial charge in [-0.05, 0) is 28.9 Å². The molecule has 0 fully saturated rings. The van der Waals surface area contributed by atoms with Crippen molar-refractivity contribution in [2.75, 3.05) is 0 Å². The van der Waals surface area contributed by atoms with Crippen LogP contribution in [-0.4, -0.2) is 9.78 Å². The van der Waals surface area contributed by atoms with E-state index in [-0.39, 0.29) is 17.0 Å². The van der Waals surface area contributed by atoms with Gasteiger partial charge in [-0.3, -0.25) is 4.68 Å². The van der Waals surface area contributed by atoms with E-state index in [1.54, 1.807) is 4.68 Å². The summed E-state index contributed by atoms with van der Waals surface area (Å²) >= 11 is 3.32. The Balaban J connectivity index is 0.000000640. The van der Waals surface area contributed by atoms with E-state index < -0.39 is 0 Å². The largest absolute Gasteiger partial charge is 0.261 e. The number of halogens is 2. The highest BCUT2D eigenvalue weighted by Gasteiger charge is 1.93. The molecule has 1 aromatic heterocycles. The van der Waals surface area contributed by atoms with E-state index in [0.717, 1.165) is 10.3 Å². The number of hydrogen-bond donors (Lipinski definition) is 0. The molecule has 0 radical (unpaired) electrons. The third-order valence-electron chi connectivity index (χ3n) is 0.945. The van der Waals surface area contributed by atoms with E-state index in [4.69, 9.17) is 0 Å². The van der Waals surface area contributed by atoms with E-state index in [0.29, 0.717) is 0 Å². The van der Waals surface area contributed by atoms with Crippen molar-refractivity contribution in [3.05, 3.63) is 16.4 Å². The normalized spacial score (nSPS) is 8.78. The molecule has 0 aromatic carbocycles. The Morgan fingerprint density at radius 1 is 1.67 bits per heavy atom. The van der Waals surface area contributed by atoms with Crippen molar-refractivity contribution in [2.24, 2.45) is 7.05 Å². The fourth-order valence-corrected chi connectivity index (χ4v) is 0.990. The number of rotatable bonds is 0. The molecule has 0 aliphatic heterocycles. The lowest BCUT2D eigenvalue weighted by molar-refractivity contribution is 0.740. The van der Waals surface area contributed by atoms with Crippen molar-refractivity contribution in [2.45, 2.75) is 6.92 Å². The lowest BCUT2D eigenvalue weighted by Gasteiger charge is -1.85. The number of hydrogen-bond acceptors (Lipinski definition) is 1. The van der Waals surface area contributed by atoms with Gasteiger partial charge in [0.05, 0.1) is 5.69 Å².